The zero-order valence-electron chi connectivity index (χ0n) is 7.48. The predicted molar refractivity (Wildman–Crippen MR) is 48.7 cm³/mol. The van der Waals surface area contributed by atoms with Gasteiger partial charge in [0.2, 0.25) is 5.88 Å². The van der Waals surface area contributed by atoms with Crippen LogP contribution >= 0.6 is 0 Å². The van der Waals surface area contributed by atoms with Crippen molar-refractivity contribution in [3.8, 4) is 0 Å². The van der Waals surface area contributed by atoms with Gasteiger partial charge in [0.1, 0.15) is 0 Å². The summed E-state index contributed by atoms with van der Waals surface area (Å²) in [7, 11) is 0. The highest BCUT2D eigenvalue weighted by atomic mass is 16.5. The van der Waals surface area contributed by atoms with E-state index in [1.54, 1.807) is 0 Å². The number of hydrogen-bond acceptors (Lipinski definition) is 2. The molecule has 0 aliphatic heterocycles. The van der Waals surface area contributed by atoms with Crippen molar-refractivity contribution < 1.29 is 4.74 Å². The van der Waals surface area contributed by atoms with Gasteiger partial charge in [0.25, 0.3) is 0 Å². The molecule has 0 fully saturated rings. The quantitative estimate of drug-likeness (QED) is 0.345. The number of nitrogens with zero attached hydrogens (tertiary/aromatic N) is 1. The molecule has 0 aromatic rings. The molecule has 0 atom stereocenters. The van der Waals surface area contributed by atoms with Crippen molar-refractivity contribution in [1.82, 2.24) is 0 Å². The largest absolute Gasteiger partial charge is 0.478 e. The van der Waals surface area contributed by atoms with E-state index < -0.39 is 0 Å². The van der Waals surface area contributed by atoms with Gasteiger partial charge in [-0.2, -0.15) is 0 Å². The van der Waals surface area contributed by atoms with Crippen molar-refractivity contribution in [3.63, 3.8) is 0 Å². The van der Waals surface area contributed by atoms with Crippen molar-refractivity contribution in [2.45, 2.75) is 20.8 Å². The van der Waals surface area contributed by atoms with Crippen LogP contribution in [0.25, 0.3) is 0 Å². The van der Waals surface area contributed by atoms with Crippen LogP contribution in [0.15, 0.2) is 28.6 Å². The van der Waals surface area contributed by atoms with E-state index in [2.05, 4.69) is 18.3 Å². The van der Waals surface area contributed by atoms with E-state index in [-0.39, 0.29) is 0 Å². The monoisotopic (exact) mass is 153 g/mol. The lowest BCUT2D eigenvalue weighted by Gasteiger charge is -2.06. The lowest BCUT2D eigenvalue weighted by atomic mass is 10.2. The van der Waals surface area contributed by atoms with Gasteiger partial charge in [-0.3, -0.25) is 0 Å². The summed E-state index contributed by atoms with van der Waals surface area (Å²) in [6, 6.07) is 0. The second-order valence-corrected chi connectivity index (χ2v) is 2.30. The van der Waals surface area contributed by atoms with Crippen molar-refractivity contribution in [3.05, 3.63) is 23.6 Å². The molecule has 0 rings (SSSR count). The van der Waals surface area contributed by atoms with Crippen LogP contribution in [-0.2, 0) is 4.74 Å². The normalized spacial score (nSPS) is 11.9. The second-order valence-electron chi connectivity index (χ2n) is 2.30. The zero-order chi connectivity index (χ0) is 8.85. The average Bonchev–Trinajstić information content (AvgIpc) is 1.98. The molecular formula is C9H15NO. The van der Waals surface area contributed by atoms with Crippen molar-refractivity contribution in [1.29, 1.82) is 0 Å². The van der Waals surface area contributed by atoms with Crippen LogP contribution in [0.3, 0.4) is 0 Å². The van der Waals surface area contributed by atoms with E-state index >= 15 is 0 Å². The van der Waals surface area contributed by atoms with E-state index in [1.807, 2.05) is 20.8 Å². The van der Waals surface area contributed by atoms with Crippen LogP contribution in [0.4, 0.5) is 0 Å². The first-order valence-electron chi connectivity index (χ1n) is 3.59. The maximum Gasteiger partial charge on any atom is 0.215 e. The summed E-state index contributed by atoms with van der Waals surface area (Å²) in [6.07, 6.45) is 0. The third-order valence-corrected chi connectivity index (χ3v) is 1.39. The van der Waals surface area contributed by atoms with E-state index in [0.29, 0.717) is 12.5 Å². The Morgan fingerprint density at radius 1 is 1.45 bits per heavy atom. The number of ether oxygens (including phenoxy) is 1. The first-order valence-corrected chi connectivity index (χ1v) is 3.59. The van der Waals surface area contributed by atoms with Gasteiger partial charge in [-0.15, -0.1) is 0 Å². The van der Waals surface area contributed by atoms with Crippen LogP contribution in [0.2, 0.25) is 0 Å². The van der Waals surface area contributed by atoms with E-state index in [0.717, 1.165) is 11.1 Å². The minimum atomic E-state index is 0.583. The molecule has 0 N–H and O–H groups in total. The van der Waals surface area contributed by atoms with Gasteiger partial charge in [-0.05, 0) is 27.5 Å². The molecule has 11 heavy (non-hydrogen) atoms. The first-order chi connectivity index (χ1) is 5.13. The Morgan fingerprint density at radius 2 is 2.00 bits per heavy atom. The summed E-state index contributed by atoms with van der Waals surface area (Å²) in [5.74, 6) is 0.583. The van der Waals surface area contributed by atoms with Crippen molar-refractivity contribution >= 4 is 6.72 Å². The molecule has 0 saturated heterocycles. The molecule has 2 nitrogen and oxygen atoms in total. The highest BCUT2D eigenvalue weighted by molar-refractivity contribution is 5.33. The Labute approximate surface area is 68.3 Å². The Bertz CT molecular complexity index is 192. The Balaban J connectivity index is 4.53. The first kappa shape index (κ1) is 9.95. The smallest absolute Gasteiger partial charge is 0.215 e. The summed E-state index contributed by atoms with van der Waals surface area (Å²) in [4.78, 5) is 3.75. The minimum Gasteiger partial charge on any atom is -0.478 e. The number of allylic oxidation sites excluding steroid dienone is 2. The molecule has 0 radical (unpaired) electrons. The maximum atomic E-state index is 5.20. The molecule has 0 aliphatic carbocycles. The number of hydrogen-bond donors (Lipinski definition) is 0. The van der Waals surface area contributed by atoms with E-state index in [1.165, 1.54) is 0 Å². The van der Waals surface area contributed by atoms with Crippen LogP contribution in [0, 0.1) is 0 Å². The van der Waals surface area contributed by atoms with Gasteiger partial charge < -0.3 is 4.74 Å². The zero-order valence-corrected chi connectivity index (χ0v) is 7.48. The Kier molecular flexibility index (Phi) is 4.27. The van der Waals surface area contributed by atoms with Crippen LogP contribution in [0.5, 0.6) is 0 Å². The number of rotatable bonds is 4. The number of aliphatic imine (C=N–C) groups is 1. The molecule has 0 heterocycles. The minimum absolute atomic E-state index is 0.583. The molecular weight excluding hydrogens is 138 g/mol. The molecule has 0 amide bonds. The van der Waals surface area contributed by atoms with Gasteiger partial charge in [0, 0.05) is 5.57 Å². The summed E-state index contributed by atoms with van der Waals surface area (Å²) in [6.45, 7) is 13.5. The third kappa shape index (κ3) is 3.03. The molecule has 0 saturated carbocycles. The molecule has 0 aromatic carbocycles. The van der Waals surface area contributed by atoms with Gasteiger partial charge in [-0.1, -0.05) is 12.2 Å². The summed E-state index contributed by atoms with van der Waals surface area (Å²) in [5, 5.41) is 0. The lowest BCUT2D eigenvalue weighted by molar-refractivity contribution is 0.224. The molecule has 0 unspecified atom stereocenters. The fourth-order valence-electron chi connectivity index (χ4n) is 0.592. The summed E-state index contributed by atoms with van der Waals surface area (Å²) < 4.78 is 5.20. The summed E-state index contributed by atoms with van der Waals surface area (Å²) in [5.41, 5.74) is 1.92. The topological polar surface area (TPSA) is 21.6 Å². The van der Waals surface area contributed by atoms with Crippen molar-refractivity contribution in [2.24, 2.45) is 4.99 Å². The lowest BCUT2D eigenvalue weighted by Crippen LogP contribution is -1.93. The molecule has 0 aromatic heterocycles. The van der Waals surface area contributed by atoms with Crippen LogP contribution in [-0.4, -0.2) is 13.3 Å². The molecule has 62 valence electrons. The van der Waals surface area contributed by atoms with Gasteiger partial charge in [0.15, 0.2) is 0 Å². The second kappa shape index (κ2) is 4.72. The van der Waals surface area contributed by atoms with Gasteiger partial charge in [-0.25, -0.2) is 4.99 Å². The molecule has 0 spiro atoms. The predicted octanol–water partition coefficient (Wildman–Crippen LogP) is 2.53. The SMILES string of the molecule is C=N/C(OCC)=C(/C)C(=C)C. The Hall–Kier alpha value is -1.05. The Morgan fingerprint density at radius 3 is 2.27 bits per heavy atom. The standard InChI is InChI=1S/C9H15NO/c1-6-11-9(10-5)8(4)7(2)3/h2,5-6H2,1,3-4H3/b9-8+. The van der Waals surface area contributed by atoms with Crippen molar-refractivity contribution in [2.75, 3.05) is 6.61 Å². The fraction of sp³-hybridized carbons (Fsp3) is 0.444. The van der Waals surface area contributed by atoms with E-state index in [4.69, 9.17) is 4.74 Å². The average molecular weight is 153 g/mol. The highest BCUT2D eigenvalue weighted by Gasteiger charge is 2.00. The maximum absolute atomic E-state index is 5.20. The fourth-order valence-corrected chi connectivity index (χ4v) is 0.592. The molecule has 2 heteroatoms. The van der Waals surface area contributed by atoms with E-state index in [9.17, 15) is 0 Å². The highest BCUT2D eigenvalue weighted by Crippen LogP contribution is 2.13. The van der Waals surface area contributed by atoms with Gasteiger partial charge >= 0.3 is 0 Å². The molecule has 0 aliphatic rings. The van der Waals surface area contributed by atoms with Crippen LogP contribution < -0.4 is 0 Å². The third-order valence-electron chi connectivity index (χ3n) is 1.39. The van der Waals surface area contributed by atoms with Gasteiger partial charge in [0.05, 0.1) is 6.61 Å². The summed E-state index contributed by atoms with van der Waals surface area (Å²) >= 11 is 0. The van der Waals surface area contributed by atoms with Crippen LogP contribution in [0.1, 0.15) is 20.8 Å². The molecule has 0 bridgehead atoms.